The third-order valence-electron chi connectivity index (χ3n) is 4.05. The molecule has 150 valence electrons. The predicted molar refractivity (Wildman–Crippen MR) is 127 cm³/mol. The first-order valence-electron chi connectivity index (χ1n) is 9.43. The molecule has 0 aromatic heterocycles. The smallest absolute Gasteiger partial charge is 0.333 e. The minimum atomic E-state index is -0.279. The average molecular weight is 443 g/mol. The van der Waals surface area contributed by atoms with Crippen LogP contribution in [-0.2, 0) is 16.0 Å². The molecule has 0 bridgehead atoms. The van der Waals surface area contributed by atoms with Crippen molar-refractivity contribution < 1.29 is 9.53 Å². The summed E-state index contributed by atoms with van der Waals surface area (Å²) in [5, 5.41) is 1.46. The standard InChI is InChI=1S/C21H30O2S4/c1-4-5-17-6-8-18(9-7-17)25-14-20-15-26-19(13-27-20)12-24-11-10-23-21(22)16(2)3/h6-9,19-20H,2,4-5,10-15H2,1,3H3. The maximum atomic E-state index is 11.3. The van der Waals surface area contributed by atoms with Gasteiger partial charge >= 0.3 is 5.97 Å². The summed E-state index contributed by atoms with van der Waals surface area (Å²) >= 11 is 8.10. The van der Waals surface area contributed by atoms with Gasteiger partial charge in [-0.05, 0) is 31.0 Å². The van der Waals surface area contributed by atoms with Gasteiger partial charge in [0.2, 0.25) is 0 Å². The Morgan fingerprint density at radius 2 is 1.85 bits per heavy atom. The van der Waals surface area contributed by atoms with Crippen molar-refractivity contribution in [2.24, 2.45) is 0 Å². The molecule has 1 saturated heterocycles. The molecule has 1 aromatic rings. The fraction of sp³-hybridized carbons (Fsp3) is 0.571. The number of hydrogen-bond acceptors (Lipinski definition) is 6. The van der Waals surface area contributed by atoms with Crippen molar-refractivity contribution in [3.63, 3.8) is 0 Å². The molecule has 2 nitrogen and oxygen atoms in total. The molecule has 0 saturated carbocycles. The van der Waals surface area contributed by atoms with E-state index in [1.54, 1.807) is 6.92 Å². The van der Waals surface area contributed by atoms with E-state index < -0.39 is 0 Å². The molecule has 27 heavy (non-hydrogen) atoms. The number of hydrogen-bond donors (Lipinski definition) is 0. The van der Waals surface area contributed by atoms with E-state index in [-0.39, 0.29) is 5.97 Å². The highest BCUT2D eigenvalue weighted by atomic mass is 32.2. The molecule has 2 rings (SSSR count). The van der Waals surface area contributed by atoms with Gasteiger partial charge in [-0.3, -0.25) is 0 Å². The quantitative estimate of drug-likeness (QED) is 0.186. The van der Waals surface area contributed by atoms with Crippen LogP contribution in [0.25, 0.3) is 0 Å². The van der Waals surface area contributed by atoms with E-state index in [0.717, 1.165) is 16.8 Å². The van der Waals surface area contributed by atoms with E-state index >= 15 is 0 Å². The molecule has 0 amide bonds. The Kier molecular flexibility index (Phi) is 11.2. The van der Waals surface area contributed by atoms with Gasteiger partial charge in [0.25, 0.3) is 0 Å². The molecule has 0 spiro atoms. The molecule has 6 heteroatoms. The van der Waals surface area contributed by atoms with E-state index in [1.165, 1.54) is 40.6 Å². The van der Waals surface area contributed by atoms with Crippen molar-refractivity contribution in [2.45, 2.75) is 42.1 Å². The largest absolute Gasteiger partial charge is 0.461 e. The van der Waals surface area contributed by atoms with Crippen LogP contribution in [0.2, 0.25) is 0 Å². The Balaban J connectivity index is 1.54. The van der Waals surface area contributed by atoms with Crippen molar-refractivity contribution in [1.29, 1.82) is 0 Å². The zero-order valence-electron chi connectivity index (χ0n) is 16.3. The van der Waals surface area contributed by atoms with Gasteiger partial charge in [0.1, 0.15) is 6.61 Å². The number of rotatable bonds is 11. The lowest BCUT2D eigenvalue weighted by Crippen LogP contribution is -2.25. The maximum Gasteiger partial charge on any atom is 0.333 e. The lowest BCUT2D eigenvalue weighted by molar-refractivity contribution is -0.138. The van der Waals surface area contributed by atoms with Gasteiger partial charge in [-0.1, -0.05) is 32.1 Å². The normalized spacial score (nSPS) is 19.6. The lowest BCUT2D eigenvalue weighted by Gasteiger charge is -2.27. The Bertz CT molecular complexity index is 580. The van der Waals surface area contributed by atoms with E-state index in [4.69, 9.17) is 4.74 Å². The number of carbonyl (C=O) groups excluding carboxylic acids is 1. The Labute approximate surface area is 181 Å². The highest BCUT2D eigenvalue weighted by Gasteiger charge is 2.22. The van der Waals surface area contributed by atoms with E-state index in [2.05, 4.69) is 61.3 Å². The number of esters is 1. The summed E-state index contributed by atoms with van der Waals surface area (Å²) in [7, 11) is 0. The SMILES string of the molecule is C=C(C)C(=O)OCCSCC1CSC(CSc2ccc(CCC)cc2)CS1. The highest BCUT2D eigenvalue weighted by Crippen LogP contribution is 2.34. The fourth-order valence-electron chi connectivity index (χ4n) is 2.54. The first-order valence-corrected chi connectivity index (χ1v) is 13.7. The summed E-state index contributed by atoms with van der Waals surface area (Å²) in [6.07, 6.45) is 2.39. The zero-order chi connectivity index (χ0) is 19.5. The van der Waals surface area contributed by atoms with Crippen LogP contribution in [0.3, 0.4) is 0 Å². The summed E-state index contributed by atoms with van der Waals surface area (Å²) in [6.45, 7) is 7.98. The van der Waals surface area contributed by atoms with Crippen LogP contribution in [0, 0.1) is 0 Å². The molecule has 1 fully saturated rings. The average Bonchev–Trinajstić information content (AvgIpc) is 2.68. The lowest BCUT2D eigenvalue weighted by atomic mass is 10.1. The Morgan fingerprint density at radius 3 is 2.44 bits per heavy atom. The van der Waals surface area contributed by atoms with Crippen molar-refractivity contribution >= 4 is 53.0 Å². The predicted octanol–water partition coefficient (Wildman–Crippen LogP) is 5.80. The minimum Gasteiger partial charge on any atom is -0.461 e. The van der Waals surface area contributed by atoms with E-state index in [9.17, 15) is 4.79 Å². The molecule has 1 aromatic carbocycles. The first-order chi connectivity index (χ1) is 13.1. The van der Waals surface area contributed by atoms with Crippen LogP contribution in [-0.4, -0.2) is 51.8 Å². The molecule has 1 heterocycles. The first kappa shape index (κ1) is 23.1. The topological polar surface area (TPSA) is 26.3 Å². The summed E-state index contributed by atoms with van der Waals surface area (Å²) in [4.78, 5) is 12.7. The third-order valence-corrected chi connectivity index (χ3v) is 9.96. The summed E-state index contributed by atoms with van der Waals surface area (Å²) in [5.74, 6) is 5.39. The van der Waals surface area contributed by atoms with Gasteiger partial charge in [-0.2, -0.15) is 35.3 Å². The summed E-state index contributed by atoms with van der Waals surface area (Å²) in [6, 6.07) is 9.10. The molecule has 0 radical (unpaired) electrons. The molecular weight excluding hydrogens is 412 g/mol. The number of carbonyl (C=O) groups is 1. The van der Waals surface area contributed by atoms with Gasteiger partial charge in [-0.15, -0.1) is 11.8 Å². The van der Waals surface area contributed by atoms with Crippen LogP contribution in [0.4, 0.5) is 0 Å². The van der Waals surface area contributed by atoms with E-state index in [1.807, 2.05) is 23.5 Å². The number of benzene rings is 1. The summed E-state index contributed by atoms with van der Waals surface area (Å²) in [5.41, 5.74) is 1.92. The molecule has 1 aliphatic heterocycles. The molecule has 2 atom stereocenters. The van der Waals surface area contributed by atoms with Gasteiger partial charge in [0.05, 0.1) is 0 Å². The molecule has 0 N–H and O–H groups in total. The zero-order valence-corrected chi connectivity index (χ0v) is 19.5. The van der Waals surface area contributed by atoms with Crippen LogP contribution in [0.1, 0.15) is 25.8 Å². The van der Waals surface area contributed by atoms with E-state index in [0.29, 0.717) is 17.4 Å². The maximum absolute atomic E-state index is 11.3. The van der Waals surface area contributed by atoms with Crippen molar-refractivity contribution in [3.8, 4) is 0 Å². The highest BCUT2D eigenvalue weighted by molar-refractivity contribution is 8.09. The van der Waals surface area contributed by atoms with Gasteiger partial charge in [0.15, 0.2) is 0 Å². The molecular formula is C21H30O2S4. The second kappa shape index (κ2) is 13.1. The van der Waals surface area contributed by atoms with Crippen LogP contribution < -0.4 is 0 Å². The third kappa shape index (κ3) is 9.25. The number of aryl methyl sites for hydroxylation is 1. The van der Waals surface area contributed by atoms with Crippen molar-refractivity contribution in [1.82, 2.24) is 0 Å². The van der Waals surface area contributed by atoms with Crippen LogP contribution in [0.15, 0.2) is 41.3 Å². The minimum absolute atomic E-state index is 0.279. The summed E-state index contributed by atoms with van der Waals surface area (Å²) < 4.78 is 5.13. The van der Waals surface area contributed by atoms with Gasteiger partial charge in [-0.25, -0.2) is 4.79 Å². The molecule has 1 aliphatic rings. The van der Waals surface area contributed by atoms with Crippen molar-refractivity contribution in [2.75, 3.05) is 35.4 Å². The molecule has 0 aliphatic carbocycles. The monoisotopic (exact) mass is 442 g/mol. The Hall–Kier alpha value is -0.170. The van der Waals surface area contributed by atoms with Crippen LogP contribution in [0.5, 0.6) is 0 Å². The van der Waals surface area contributed by atoms with Crippen molar-refractivity contribution in [3.05, 3.63) is 42.0 Å². The second-order valence-corrected chi connectivity index (χ2v) is 11.5. The second-order valence-electron chi connectivity index (χ2n) is 6.61. The number of thioether (sulfide) groups is 4. The van der Waals surface area contributed by atoms with Gasteiger partial charge < -0.3 is 4.74 Å². The number of ether oxygens (including phenoxy) is 1. The Morgan fingerprint density at radius 1 is 1.19 bits per heavy atom. The van der Waals surface area contributed by atoms with Gasteiger partial charge in [0, 0.05) is 49.7 Å². The molecule has 2 unspecified atom stereocenters. The van der Waals surface area contributed by atoms with Crippen LogP contribution >= 0.6 is 47.0 Å². The fourth-order valence-corrected chi connectivity index (χ4v) is 8.12.